The molecule has 0 saturated heterocycles. The lowest BCUT2D eigenvalue weighted by molar-refractivity contribution is 0.310. The van der Waals surface area contributed by atoms with Gasteiger partial charge in [-0.15, -0.1) is 0 Å². The van der Waals surface area contributed by atoms with Gasteiger partial charge in [-0.3, -0.25) is 5.10 Å². The summed E-state index contributed by atoms with van der Waals surface area (Å²) in [6.45, 7) is 0. The zero-order valence-corrected chi connectivity index (χ0v) is 6.40. The highest BCUT2D eigenvalue weighted by molar-refractivity contribution is 7.71. The molecule has 10 heavy (non-hydrogen) atoms. The average Bonchev–Trinajstić information content (AvgIpc) is 2.12. The number of rotatable bonds is 1. The molecule has 0 amide bonds. The summed E-state index contributed by atoms with van der Waals surface area (Å²) < 4.78 is 2.79. The highest BCUT2D eigenvalue weighted by Crippen LogP contribution is 2.30. The molecule has 1 fully saturated rings. The van der Waals surface area contributed by atoms with E-state index in [-0.39, 0.29) is 0 Å². The van der Waals surface area contributed by atoms with Gasteiger partial charge in [0.15, 0.2) is 4.77 Å². The van der Waals surface area contributed by atoms with E-state index in [4.69, 9.17) is 12.2 Å². The molecule has 1 heterocycles. The molecule has 1 aromatic heterocycles. The van der Waals surface area contributed by atoms with Crippen molar-refractivity contribution in [3.63, 3.8) is 0 Å². The van der Waals surface area contributed by atoms with Crippen molar-refractivity contribution in [2.45, 2.75) is 25.3 Å². The Labute approximate surface area is 64.1 Å². The van der Waals surface area contributed by atoms with Crippen LogP contribution in [0.1, 0.15) is 25.3 Å². The normalized spacial score (nSPS) is 18.8. The van der Waals surface area contributed by atoms with Crippen LogP contribution in [0.4, 0.5) is 0 Å². The van der Waals surface area contributed by atoms with Crippen LogP contribution in [0.25, 0.3) is 0 Å². The molecule has 1 aliphatic rings. The maximum absolute atomic E-state index is 5.01. The Bertz CT molecular complexity index is 271. The number of nitrogens with zero attached hydrogens (tertiary/aromatic N) is 2. The quantitative estimate of drug-likeness (QED) is 0.626. The number of aromatic amines is 1. The summed E-state index contributed by atoms with van der Waals surface area (Å²) in [6.07, 6.45) is 5.63. The van der Waals surface area contributed by atoms with E-state index in [1.165, 1.54) is 19.3 Å². The van der Waals surface area contributed by atoms with E-state index in [2.05, 4.69) is 10.2 Å². The van der Waals surface area contributed by atoms with Gasteiger partial charge in [0, 0.05) is 6.04 Å². The van der Waals surface area contributed by atoms with Gasteiger partial charge in [0.05, 0.1) is 0 Å². The zero-order valence-electron chi connectivity index (χ0n) is 5.58. The van der Waals surface area contributed by atoms with E-state index in [0.29, 0.717) is 6.04 Å². The van der Waals surface area contributed by atoms with Crippen LogP contribution in [-0.2, 0) is 0 Å². The van der Waals surface area contributed by atoms with Crippen molar-refractivity contribution >= 4 is 12.2 Å². The van der Waals surface area contributed by atoms with E-state index in [0.717, 1.165) is 4.77 Å². The highest BCUT2D eigenvalue weighted by atomic mass is 32.1. The Kier molecular flexibility index (Phi) is 1.34. The van der Waals surface area contributed by atoms with Crippen molar-refractivity contribution in [3.05, 3.63) is 11.1 Å². The summed E-state index contributed by atoms with van der Waals surface area (Å²) in [5.74, 6) is 0. The molecular formula is C6H9N3S. The molecule has 0 aliphatic heterocycles. The van der Waals surface area contributed by atoms with Crippen molar-refractivity contribution < 1.29 is 0 Å². The Morgan fingerprint density at radius 3 is 2.90 bits per heavy atom. The SMILES string of the molecule is S=c1[nH]ncn1C1CCC1. The molecule has 1 aliphatic carbocycles. The first-order valence-electron chi connectivity index (χ1n) is 3.49. The number of H-pyrrole nitrogens is 1. The van der Waals surface area contributed by atoms with Crippen LogP contribution in [0.15, 0.2) is 6.33 Å². The van der Waals surface area contributed by atoms with Crippen molar-refractivity contribution in [1.82, 2.24) is 14.8 Å². The Morgan fingerprint density at radius 1 is 1.70 bits per heavy atom. The summed E-state index contributed by atoms with van der Waals surface area (Å²) >= 11 is 5.01. The van der Waals surface area contributed by atoms with Crippen LogP contribution in [0.2, 0.25) is 0 Å². The molecule has 1 aromatic rings. The third kappa shape index (κ3) is 0.794. The third-order valence-corrected chi connectivity index (χ3v) is 2.35. The first kappa shape index (κ1) is 6.09. The summed E-state index contributed by atoms with van der Waals surface area (Å²) in [7, 11) is 0. The second-order valence-electron chi connectivity index (χ2n) is 2.65. The first-order chi connectivity index (χ1) is 4.88. The van der Waals surface area contributed by atoms with Crippen LogP contribution in [0.5, 0.6) is 0 Å². The number of aromatic nitrogens is 3. The first-order valence-corrected chi connectivity index (χ1v) is 3.90. The molecule has 0 bridgehead atoms. The van der Waals surface area contributed by atoms with E-state index in [9.17, 15) is 0 Å². The summed E-state index contributed by atoms with van der Waals surface area (Å²) in [5.41, 5.74) is 0. The Balaban J connectivity index is 2.32. The van der Waals surface area contributed by atoms with Gasteiger partial charge in [-0.25, -0.2) is 0 Å². The molecule has 0 aromatic carbocycles. The predicted octanol–water partition coefficient (Wildman–Crippen LogP) is 1.67. The fourth-order valence-electron chi connectivity index (χ4n) is 1.18. The maximum Gasteiger partial charge on any atom is 0.195 e. The molecule has 3 nitrogen and oxygen atoms in total. The molecule has 2 rings (SSSR count). The van der Waals surface area contributed by atoms with Crippen LogP contribution < -0.4 is 0 Å². The van der Waals surface area contributed by atoms with Crippen molar-refractivity contribution in [3.8, 4) is 0 Å². The number of hydrogen-bond acceptors (Lipinski definition) is 2. The highest BCUT2D eigenvalue weighted by Gasteiger charge is 2.19. The van der Waals surface area contributed by atoms with Gasteiger partial charge in [-0.1, -0.05) is 0 Å². The van der Waals surface area contributed by atoms with Gasteiger partial charge in [0.1, 0.15) is 6.33 Å². The zero-order chi connectivity index (χ0) is 6.97. The van der Waals surface area contributed by atoms with Gasteiger partial charge in [0.2, 0.25) is 0 Å². The number of hydrogen-bond donors (Lipinski definition) is 1. The Hall–Kier alpha value is -0.640. The van der Waals surface area contributed by atoms with Crippen LogP contribution in [-0.4, -0.2) is 14.8 Å². The van der Waals surface area contributed by atoms with Gasteiger partial charge in [-0.05, 0) is 31.5 Å². The second kappa shape index (κ2) is 2.20. The van der Waals surface area contributed by atoms with Gasteiger partial charge in [-0.2, -0.15) is 5.10 Å². The molecule has 1 saturated carbocycles. The lowest BCUT2D eigenvalue weighted by Gasteiger charge is -2.25. The van der Waals surface area contributed by atoms with E-state index >= 15 is 0 Å². The number of nitrogens with one attached hydrogen (secondary N) is 1. The minimum Gasteiger partial charge on any atom is -0.304 e. The van der Waals surface area contributed by atoms with E-state index in [1.54, 1.807) is 6.33 Å². The predicted molar refractivity (Wildman–Crippen MR) is 40.3 cm³/mol. The standard InChI is InChI=1S/C6H9N3S/c10-6-8-7-4-9(6)5-2-1-3-5/h4-5H,1-3H2,(H,8,10). The largest absolute Gasteiger partial charge is 0.304 e. The summed E-state index contributed by atoms with van der Waals surface area (Å²) in [4.78, 5) is 0. The summed E-state index contributed by atoms with van der Waals surface area (Å²) in [6, 6.07) is 0.631. The van der Waals surface area contributed by atoms with Crippen molar-refractivity contribution in [2.75, 3.05) is 0 Å². The second-order valence-corrected chi connectivity index (χ2v) is 3.04. The van der Waals surface area contributed by atoms with Gasteiger partial charge in [0.25, 0.3) is 0 Å². The lowest BCUT2D eigenvalue weighted by atomic mass is 9.93. The molecule has 54 valence electrons. The van der Waals surface area contributed by atoms with Crippen LogP contribution in [0, 0.1) is 4.77 Å². The van der Waals surface area contributed by atoms with E-state index in [1.807, 2.05) is 4.57 Å². The minimum atomic E-state index is 0.631. The summed E-state index contributed by atoms with van der Waals surface area (Å²) in [5, 5.41) is 6.60. The average molecular weight is 155 g/mol. The minimum absolute atomic E-state index is 0.631. The van der Waals surface area contributed by atoms with Gasteiger partial charge >= 0.3 is 0 Å². The van der Waals surface area contributed by atoms with Crippen LogP contribution >= 0.6 is 12.2 Å². The van der Waals surface area contributed by atoms with Crippen molar-refractivity contribution in [2.24, 2.45) is 0 Å². The molecule has 1 N–H and O–H groups in total. The fraction of sp³-hybridized carbons (Fsp3) is 0.667. The smallest absolute Gasteiger partial charge is 0.195 e. The molecule has 0 unspecified atom stereocenters. The fourth-order valence-corrected chi connectivity index (χ4v) is 1.43. The topological polar surface area (TPSA) is 33.6 Å². The molecule has 0 radical (unpaired) electrons. The Morgan fingerprint density at radius 2 is 2.50 bits per heavy atom. The van der Waals surface area contributed by atoms with Crippen molar-refractivity contribution in [1.29, 1.82) is 0 Å². The molecular weight excluding hydrogens is 146 g/mol. The molecule has 4 heteroatoms. The van der Waals surface area contributed by atoms with E-state index < -0.39 is 0 Å². The molecule has 0 spiro atoms. The maximum atomic E-state index is 5.01. The molecule has 0 atom stereocenters. The third-order valence-electron chi connectivity index (χ3n) is 2.04. The lowest BCUT2D eigenvalue weighted by Crippen LogP contribution is -2.15. The van der Waals surface area contributed by atoms with Crippen LogP contribution in [0.3, 0.4) is 0 Å². The van der Waals surface area contributed by atoms with Gasteiger partial charge < -0.3 is 4.57 Å². The monoisotopic (exact) mass is 155 g/mol.